The lowest BCUT2D eigenvalue weighted by molar-refractivity contribution is 0.479. The molecule has 0 aliphatic heterocycles. The quantitative estimate of drug-likeness (QED) is 0.747. The third kappa shape index (κ3) is 2.34. The number of halogens is 1. The summed E-state index contributed by atoms with van der Waals surface area (Å²) in [6, 6.07) is -0.196. The van der Waals surface area contributed by atoms with Crippen LogP contribution in [0.5, 0.6) is 0 Å². The molecule has 0 fully saturated rings. The van der Waals surface area contributed by atoms with Crippen molar-refractivity contribution >= 4 is 10.2 Å². The van der Waals surface area contributed by atoms with E-state index in [0.717, 1.165) is 0 Å². The van der Waals surface area contributed by atoms with Crippen molar-refractivity contribution in [3.63, 3.8) is 0 Å². The molecular weight excluding hydrogens is 221 g/mol. The van der Waals surface area contributed by atoms with Crippen molar-refractivity contribution in [3.05, 3.63) is 5.82 Å². The van der Waals surface area contributed by atoms with Crippen LogP contribution in [0.25, 0.3) is 0 Å². The maximum atomic E-state index is 12.9. The Morgan fingerprint density at radius 2 is 1.73 bits per heavy atom. The van der Waals surface area contributed by atoms with Crippen LogP contribution in [0.1, 0.15) is 45.5 Å². The van der Waals surface area contributed by atoms with E-state index in [1.54, 1.807) is 13.8 Å². The zero-order valence-corrected chi connectivity index (χ0v) is 9.92. The van der Waals surface area contributed by atoms with E-state index in [4.69, 9.17) is 0 Å². The minimum absolute atomic E-state index is 0.00426. The van der Waals surface area contributed by atoms with Gasteiger partial charge in [0, 0.05) is 12.0 Å². The second kappa shape index (κ2) is 3.88. The van der Waals surface area contributed by atoms with Crippen LogP contribution >= 0.6 is 0 Å². The molecule has 0 bridgehead atoms. The summed E-state index contributed by atoms with van der Waals surface area (Å²) in [6.45, 7) is 7.20. The molecule has 0 aromatic carbocycles. The van der Waals surface area contributed by atoms with Gasteiger partial charge in [0.25, 0.3) is 5.16 Å². The highest BCUT2D eigenvalue weighted by molar-refractivity contribution is 7.86. The predicted octanol–water partition coefficient (Wildman–Crippen LogP) is 1.64. The van der Waals surface area contributed by atoms with Gasteiger partial charge < -0.3 is 0 Å². The lowest BCUT2D eigenvalue weighted by atomic mass is 10.2. The molecule has 1 heterocycles. The normalized spacial score (nSPS) is 12.7. The highest BCUT2D eigenvalue weighted by Crippen LogP contribution is 2.22. The average Bonchev–Trinajstić information content (AvgIpc) is 2.45. The van der Waals surface area contributed by atoms with E-state index < -0.39 is 15.4 Å². The molecule has 0 aliphatic rings. The summed E-state index contributed by atoms with van der Waals surface area (Å²) in [5.74, 6) is 0.469. The first-order chi connectivity index (χ1) is 6.75. The molecule has 1 rings (SSSR count). The Bertz CT molecular complexity index is 450. The van der Waals surface area contributed by atoms with E-state index in [2.05, 4.69) is 10.2 Å². The highest BCUT2D eigenvalue weighted by atomic mass is 32.3. The average molecular weight is 235 g/mol. The Morgan fingerprint density at radius 3 is 2.07 bits per heavy atom. The fraction of sp³-hybridized carbons (Fsp3) is 0.750. The first kappa shape index (κ1) is 12.1. The third-order valence-electron chi connectivity index (χ3n) is 1.94. The van der Waals surface area contributed by atoms with Gasteiger partial charge in [0.15, 0.2) is 0 Å². The highest BCUT2D eigenvalue weighted by Gasteiger charge is 2.26. The second-order valence-electron chi connectivity index (χ2n) is 3.90. The van der Waals surface area contributed by atoms with Crippen LogP contribution in [0.2, 0.25) is 0 Å². The third-order valence-corrected chi connectivity index (χ3v) is 2.66. The standard InChI is InChI=1S/C8H14FN3O2S/c1-5(2)7-10-11-8(15(9,13)14)12(7)6(3)4/h5-6H,1-4H3. The van der Waals surface area contributed by atoms with Gasteiger partial charge in [-0.2, -0.15) is 8.42 Å². The number of nitrogens with zero attached hydrogens (tertiary/aromatic N) is 3. The summed E-state index contributed by atoms with van der Waals surface area (Å²) >= 11 is 0. The van der Waals surface area contributed by atoms with Gasteiger partial charge in [-0.15, -0.1) is 10.2 Å². The zero-order valence-electron chi connectivity index (χ0n) is 9.10. The van der Waals surface area contributed by atoms with E-state index in [9.17, 15) is 12.3 Å². The van der Waals surface area contributed by atoms with Crippen molar-refractivity contribution in [2.24, 2.45) is 0 Å². The summed E-state index contributed by atoms with van der Waals surface area (Å²) in [5.41, 5.74) is 0. The summed E-state index contributed by atoms with van der Waals surface area (Å²) in [5, 5.41) is 6.47. The molecule has 0 N–H and O–H groups in total. The predicted molar refractivity (Wildman–Crippen MR) is 52.8 cm³/mol. The van der Waals surface area contributed by atoms with Crippen LogP contribution in [-0.2, 0) is 10.2 Å². The van der Waals surface area contributed by atoms with Crippen LogP contribution in [0.4, 0.5) is 3.89 Å². The molecule has 0 saturated heterocycles. The van der Waals surface area contributed by atoms with Crippen LogP contribution in [0, 0.1) is 0 Å². The molecule has 0 unspecified atom stereocenters. The molecule has 15 heavy (non-hydrogen) atoms. The SMILES string of the molecule is CC(C)c1nnc(S(=O)(=O)F)n1C(C)C. The van der Waals surface area contributed by atoms with Crippen molar-refractivity contribution in [2.45, 2.75) is 44.8 Å². The molecule has 0 saturated carbocycles. The number of aromatic nitrogens is 3. The van der Waals surface area contributed by atoms with E-state index in [0.29, 0.717) is 5.82 Å². The maximum Gasteiger partial charge on any atom is 0.368 e. The van der Waals surface area contributed by atoms with Gasteiger partial charge in [-0.05, 0) is 13.8 Å². The van der Waals surface area contributed by atoms with Gasteiger partial charge in [-0.25, -0.2) is 0 Å². The summed E-state index contributed by atoms with van der Waals surface area (Å²) in [6.07, 6.45) is 0. The molecule has 0 radical (unpaired) electrons. The van der Waals surface area contributed by atoms with Crippen LogP contribution < -0.4 is 0 Å². The van der Waals surface area contributed by atoms with E-state index in [1.165, 1.54) is 4.57 Å². The minimum Gasteiger partial charge on any atom is -0.297 e. The first-order valence-electron chi connectivity index (χ1n) is 4.64. The van der Waals surface area contributed by atoms with Gasteiger partial charge in [0.1, 0.15) is 5.82 Å². The summed E-state index contributed by atoms with van der Waals surface area (Å²) in [7, 11) is -4.80. The summed E-state index contributed by atoms with van der Waals surface area (Å²) in [4.78, 5) is 0. The van der Waals surface area contributed by atoms with Crippen molar-refractivity contribution in [2.75, 3.05) is 0 Å². The lowest BCUT2D eigenvalue weighted by Gasteiger charge is -2.13. The molecular formula is C8H14FN3O2S. The fourth-order valence-corrected chi connectivity index (χ4v) is 2.01. The summed E-state index contributed by atoms with van der Waals surface area (Å²) < 4.78 is 35.8. The fourth-order valence-electron chi connectivity index (χ4n) is 1.33. The minimum atomic E-state index is -4.80. The van der Waals surface area contributed by atoms with Crippen LogP contribution in [0.15, 0.2) is 5.16 Å². The van der Waals surface area contributed by atoms with E-state index in [1.807, 2.05) is 13.8 Å². The Labute approximate surface area is 88.5 Å². The molecule has 1 aromatic rings. The van der Waals surface area contributed by atoms with Gasteiger partial charge in [0.2, 0.25) is 0 Å². The number of rotatable bonds is 3. The van der Waals surface area contributed by atoms with Crippen molar-refractivity contribution in [3.8, 4) is 0 Å². The van der Waals surface area contributed by atoms with Gasteiger partial charge in [-0.3, -0.25) is 4.57 Å². The smallest absolute Gasteiger partial charge is 0.297 e. The van der Waals surface area contributed by atoms with E-state index in [-0.39, 0.29) is 12.0 Å². The number of hydrogen-bond donors (Lipinski definition) is 0. The molecule has 5 nitrogen and oxygen atoms in total. The molecule has 86 valence electrons. The Balaban J connectivity index is 3.44. The number of hydrogen-bond acceptors (Lipinski definition) is 4. The maximum absolute atomic E-state index is 12.9. The molecule has 0 amide bonds. The van der Waals surface area contributed by atoms with Crippen molar-refractivity contribution in [1.29, 1.82) is 0 Å². The van der Waals surface area contributed by atoms with Crippen LogP contribution in [0.3, 0.4) is 0 Å². The van der Waals surface area contributed by atoms with Crippen molar-refractivity contribution in [1.82, 2.24) is 14.8 Å². The molecule has 0 aliphatic carbocycles. The monoisotopic (exact) mass is 235 g/mol. The van der Waals surface area contributed by atoms with Gasteiger partial charge in [0.05, 0.1) is 0 Å². The van der Waals surface area contributed by atoms with Gasteiger partial charge >= 0.3 is 10.2 Å². The van der Waals surface area contributed by atoms with E-state index >= 15 is 0 Å². The molecule has 1 aromatic heterocycles. The topological polar surface area (TPSA) is 64.8 Å². The molecule has 0 atom stereocenters. The van der Waals surface area contributed by atoms with Crippen LogP contribution in [-0.4, -0.2) is 23.2 Å². The first-order valence-corrected chi connectivity index (χ1v) is 6.03. The van der Waals surface area contributed by atoms with Gasteiger partial charge in [-0.1, -0.05) is 17.7 Å². The lowest BCUT2D eigenvalue weighted by Crippen LogP contribution is -2.13. The Hall–Kier alpha value is -0.980. The van der Waals surface area contributed by atoms with Crippen molar-refractivity contribution < 1.29 is 12.3 Å². The largest absolute Gasteiger partial charge is 0.368 e. The zero-order chi connectivity index (χ0) is 11.8. The second-order valence-corrected chi connectivity index (χ2v) is 5.14. The molecule has 0 spiro atoms. The Kier molecular flexibility index (Phi) is 3.13. The Morgan fingerprint density at radius 1 is 1.20 bits per heavy atom. The molecule has 7 heteroatoms.